The molecule has 0 spiro atoms. The lowest BCUT2D eigenvalue weighted by Crippen LogP contribution is -2.25. The Morgan fingerprint density at radius 2 is 2.00 bits per heavy atom. The maximum Gasteiger partial charge on any atom is 0.231 e. The minimum absolute atomic E-state index is 0.0556. The molecular formula is C19H18N2O3S. The van der Waals surface area contributed by atoms with Crippen molar-refractivity contribution in [1.82, 2.24) is 10.3 Å². The summed E-state index contributed by atoms with van der Waals surface area (Å²) in [5, 5.41) is 3.98. The van der Waals surface area contributed by atoms with E-state index in [1.165, 1.54) is 4.70 Å². The molecule has 25 heavy (non-hydrogen) atoms. The Bertz CT molecular complexity index is 874. The Kier molecular flexibility index (Phi) is 4.52. The molecule has 4 rings (SSSR count). The van der Waals surface area contributed by atoms with Crippen molar-refractivity contribution in [3.8, 4) is 11.5 Å². The Hall–Kier alpha value is -2.60. The predicted octanol–water partition coefficient (Wildman–Crippen LogP) is 3.32. The molecule has 3 aromatic rings. The van der Waals surface area contributed by atoms with Crippen molar-refractivity contribution in [3.63, 3.8) is 0 Å². The van der Waals surface area contributed by atoms with Gasteiger partial charge in [0.2, 0.25) is 12.7 Å². The van der Waals surface area contributed by atoms with Crippen molar-refractivity contribution in [2.75, 3.05) is 13.3 Å². The third-order valence-corrected chi connectivity index (χ3v) is 5.17. The lowest BCUT2D eigenvalue weighted by atomic mass is 10.1. The van der Waals surface area contributed by atoms with Crippen LogP contribution in [-0.2, 0) is 17.6 Å². The maximum absolute atomic E-state index is 12.0. The molecule has 5 nitrogen and oxygen atoms in total. The number of nitrogens with one attached hydrogen (secondary N) is 1. The van der Waals surface area contributed by atoms with Gasteiger partial charge in [-0.25, -0.2) is 4.98 Å². The van der Waals surface area contributed by atoms with Gasteiger partial charge in [-0.1, -0.05) is 18.2 Å². The van der Waals surface area contributed by atoms with Gasteiger partial charge in [0.05, 0.1) is 15.2 Å². The van der Waals surface area contributed by atoms with Gasteiger partial charge in [-0.3, -0.25) is 4.79 Å². The summed E-state index contributed by atoms with van der Waals surface area (Å²) in [7, 11) is 0. The third-order valence-electron chi connectivity index (χ3n) is 4.08. The second-order valence-electron chi connectivity index (χ2n) is 5.86. The van der Waals surface area contributed by atoms with Crippen LogP contribution in [-0.4, -0.2) is 24.2 Å². The number of aryl methyl sites for hydroxylation is 1. The van der Waals surface area contributed by atoms with Crippen LogP contribution in [0.1, 0.15) is 17.0 Å². The highest BCUT2D eigenvalue weighted by Crippen LogP contribution is 2.32. The summed E-state index contributed by atoms with van der Waals surface area (Å²) in [5.41, 5.74) is 2.13. The molecule has 1 aromatic heterocycles. The maximum atomic E-state index is 12.0. The molecule has 0 saturated carbocycles. The predicted molar refractivity (Wildman–Crippen MR) is 97.2 cm³/mol. The fraction of sp³-hybridized carbons (Fsp3) is 0.263. The molecule has 0 aliphatic carbocycles. The highest BCUT2D eigenvalue weighted by atomic mass is 32.1. The summed E-state index contributed by atoms with van der Waals surface area (Å²) in [6.45, 7) is 0.889. The molecule has 2 aromatic carbocycles. The Morgan fingerprint density at radius 3 is 2.92 bits per heavy atom. The molecule has 1 aliphatic rings. The molecule has 0 fully saturated rings. The number of rotatable bonds is 6. The van der Waals surface area contributed by atoms with Crippen molar-refractivity contribution < 1.29 is 14.3 Å². The topological polar surface area (TPSA) is 60.5 Å². The number of benzene rings is 2. The quantitative estimate of drug-likeness (QED) is 0.738. The summed E-state index contributed by atoms with van der Waals surface area (Å²) in [6.07, 6.45) is 1.90. The normalized spacial score (nSPS) is 12.5. The molecule has 0 bridgehead atoms. The number of nitrogens with zero attached hydrogens (tertiary/aromatic N) is 1. The number of carbonyl (C=O) groups is 1. The minimum atomic E-state index is 0.0556. The van der Waals surface area contributed by atoms with Crippen molar-refractivity contribution in [2.45, 2.75) is 19.3 Å². The lowest BCUT2D eigenvalue weighted by molar-refractivity contribution is -0.121. The van der Waals surface area contributed by atoms with Crippen molar-refractivity contribution in [1.29, 1.82) is 0 Å². The number of aromatic nitrogens is 1. The molecule has 2 heterocycles. The number of fused-ring (bicyclic) bond motifs is 2. The van der Waals surface area contributed by atoms with E-state index < -0.39 is 0 Å². The van der Waals surface area contributed by atoms with E-state index in [0.717, 1.165) is 34.0 Å². The number of ether oxygens (including phenoxy) is 2. The number of thiazole rings is 1. The summed E-state index contributed by atoms with van der Waals surface area (Å²) in [5.74, 6) is 1.61. The zero-order valence-electron chi connectivity index (χ0n) is 13.7. The molecule has 0 unspecified atom stereocenters. The molecule has 1 amide bonds. The summed E-state index contributed by atoms with van der Waals surface area (Å²) in [4.78, 5) is 16.6. The van der Waals surface area contributed by atoms with Gasteiger partial charge in [0, 0.05) is 19.4 Å². The molecule has 6 heteroatoms. The van der Waals surface area contributed by atoms with Crippen LogP contribution in [0, 0.1) is 0 Å². The van der Waals surface area contributed by atoms with Gasteiger partial charge in [-0.05, 0) is 36.2 Å². The van der Waals surface area contributed by atoms with Gasteiger partial charge in [0.25, 0.3) is 0 Å². The largest absolute Gasteiger partial charge is 0.454 e. The Balaban J connectivity index is 1.24. The SMILES string of the molecule is O=C(CCc1nc2ccccc2s1)NCCc1ccc2c(c1)OCO2. The van der Waals surface area contributed by atoms with Crippen LogP contribution >= 0.6 is 11.3 Å². The first kappa shape index (κ1) is 15.9. The molecular weight excluding hydrogens is 336 g/mol. The van der Waals surface area contributed by atoms with Crippen molar-refractivity contribution in [3.05, 3.63) is 53.0 Å². The van der Waals surface area contributed by atoms with Crippen LogP contribution in [0.5, 0.6) is 11.5 Å². The van der Waals surface area contributed by atoms with E-state index in [1.807, 2.05) is 36.4 Å². The highest BCUT2D eigenvalue weighted by molar-refractivity contribution is 7.18. The monoisotopic (exact) mass is 354 g/mol. The zero-order valence-corrected chi connectivity index (χ0v) is 14.5. The molecule has 128 valence electrons. The fourth-order valence-electron chi connectivity index (χ4n) is 2.78. The number of carbonyl (C=O) groups excluding carboxylic acids is 1. The summed E-state index contributed by atoms with van der Waals surface area (Å²) >= 11 is 1.65. The van der Waals surface area contributed by atoms with Crippen LogP contribution in [0.2, 0.25) is 0 Å². The van der Waals surface area contributed by atoms with Crippen molar-refractivity contribution >= 4 is 27.5 Å². The van der Waals surface area contributed by atoms with Gasteiger partial charge in [-0.2, -0.15) is 0 Å². The molecule has 1 N–H and O–H groups in total. The minimum Gasteiger partial charge on any atom is -0.454 e. The third kappa shape index (κ3) is 3.74. The van der Waals surface area contributed by atoms with E-state index in [4.69, 9.17) is 9.47 Å². The summed E-state index contributed by atoms with van der Waals surface area (Å²) in [6, 6.07) is 13.9. The first-order chi connectivity index (χ1) is 12.3. The number of amides is 1. The second-order valence-corrected chi connectivity index (χ2v) is 6.98. The van der Waals surface area contributed by atoms with Crippen LogP contribution in [0.15, 0.2) is 42.5 Å². The highest BCUT2D eigenvalue weighted by Gasteiger charge is 2.13. The number of hydrogen-bond acceptors (Lipinski definition) is 5. The van der Waals surface area contributed by atoms with Gasteiger partial charge in [0.15, 0.2) is 11.5 Å². The van der Waals surface area contributed by atoms with Gasteiger partial charge in [0.1, 0.15) is 0 Å². The van der Waals surface area contributed by atoms with E-state index in [9.17, 15) is 4.79 Å². The van der Waals surface area contributed by atoms with Gasteiger partial charge < -0.3 is 14.8 Å². The smallest absolute Gasteiger partial charge is 0.231 e. The first-order valence-electron chi connectivity index (χ1n) is 8.27. The lowest BCUT2D eigenvalue weighted by Gasteiger charge is -2.05. The number of hydrogen-bond donors (Lipinski definition) is 1. The first-order valence-corrected chi connectivity index (χ1v) is 9.09. The van der Waals surface area contributed by atoms with E-state index in [-0.39, 0.29) is 12.7 Å². The molecule has 1 aliphatic heterocycles. The standard InChI is InChI=1S/C19H18N2O3S/c22-18(7-8-19-21-14-3-1-2-4-17(14)25-19)20-10-9-13-5-6-15-16(11-13)24-12-23-15/h1-6,11H,7-10,12H2,(H,20,22). The molecule has 0 atom stereocenters. The molecule has 0 saturated heterocycles. The van der Waals surface area contributed by atoms with E-state index in [2.05, 4.69) is 16.4 Å². The molecule has 0 radical (unpaired) electrons. The summed E-state index contributed by atoms with van der Waals surface area (Å²) < 4.78 is 11.8. The van der Waals surface area contributed by atoms with E-state index >= 15 is 0 Å². The van der Waals surface area contributed by atoms with Gasteiger partial charge in [-0.15, -0.1) is 11.3 Å². The van der Waals surface area contributed by atoms with Crippen LogP contribution < -0.4 is 14.8 Å². The fourth-order valence-corrected chi connectivity index (χ4v) is 3.75. The van der Waals surface area contributed by atoms with Crippen LogP contribution in [0.3, 0.4) is 0 Å². The Labute approximate surface area is 149 Å². The Morgan fingerprint density at radius 1 is 1.12 bits per heavy atom. The number of para-hydroxylation sites is 1. The van der Waals surface area contributed by atoms with Crippen LogP contribution in [0.4, 0.5) is 0 Å². The van der Waals surface area contributed by atoms with Crippen LogP contribution in [0.25, 0.3) is 10.2 Å². The van der Waals surface area contributed by atoms with Crippen molar-refractivity contribution in [2.24, 2.45) is 0 Å². The average Bonchev–Trinajstić information content (AvgIpc) is 3.25. The zero-order chi connectivity index (χ0) is 17.1. The van der Waals surface area contributed by atoms with E-state index in [0.29, 0.717) is 19.4 Å². The second kappa shape index (κ2) is 7.11. The van der Waals surface area contributed by atoms with Gasteiger partial charge >= 0.3 is 0 Å². The average molecular weight is 354 g/mol. The van der Waals surface area contributed by atoms with E-state index in [1.54, 1.807) is 11.3 Å².